The average Bonchev–Trinajstić information content (AvgIpc) is 2.84. The fourth-order valence-electron chi connectivity index (χ4n) is 2.63. The molecule has 0 amide bonds. The highest BCUT2D eigenvalue weighted by Crippen LogP contribution is 2.27. The lowest BCUT2D eigenvalue weighted by Crippen LogP contribution is -2.24. The summed E-state index contributed by atoms with van der Waals surface area (Å²) in [6.45, 7) is 7.02. The molecular formula is C17H24FN3. The Morgan fingerprint density at radius 3 is 2.71 bits per heavy atom. The summed E-state index contributed by atoms with van der Waals surface area (Å²) >= 11 is 0. The third-order valence-corrected chi connectivity index (χ3v) is 3.64. The molecule has 21 heavy (non-hydrogen) atoms. The maximum atomic E-state index is 14.3. The second kappa shape index (κ2) is 6.85. The van der Waals surface area contributed by atoms with Crippen LogP contribution in [0.2, 0.25) is 0 Å². The summed E-state index contributed by atoms with van der Waals surface area (Å²) in [6, 6.07) is 5.13. The summed E-state index contributed by atoms with van der Waals surface area (Å²) < 4.78 is 16.1. The summed E-state index contributed by atoms with van der Waals surface area (Å²) in [5.74, 6) is -0.167. The van der Waals surface area contributed by atoms with Crippen molar-refractivity contribution in [1.82, 2.24) is 15.1 Å². The Balaban J connectivity index is 2.49. The molecule has 0 aliphatic carbocycles. The molecule has 1 atom stereocenters. The number of aromatic nitrogens is 2. The fraction of sp³-hybridized carbons (Fsp3) is 0.471. The van der Waals surface area contributed by atoms with Crippen LogP contribution in [0.3, 0.4) is 0 Å². The van der Waals surface area contributed by atoms with Crippen LogP contribution >= 0.6 is 0 Å². The Kier molecular flexibility index (Phi) is 5.12. The Bertz CT molecular complexity index is 604. The maximum Gasteiger partial charge on any atom is 0.128 e. The molecule has 0 fully saturated rings. The molecule has 0 radical (unpaired) electrons. The standard InChI is InChI=1S/C17H24FN3/c1-5-9-19-17(13-10-12(3)7-8-15(13)18)14-11-21(4)20-16(14)6-2/h7-8,10-11,17,19H,5-6,9H2,1-4H3. The van der Waals surface area contributed by atoms with Crippen LogP contribution in [0.5, 0.6) is 0 Å². The predicted molar refractivity (Wildman–Crippen MR) is 83.9 cm³/mol. The largest absolute Gasteiger partial charge is 0.306 e. The van der Waals surface area contributed by atoms with Gasteiger partial charge in [-0.2, -0.15) is 5.10 Å². The third kappa shape index (κ3) is 3.50. The average molecular weight is 289 g/mol. The number of aryl methyl sites for hydroxylation is 3. The van der Waals surface area contributed by atoms with Crippen LogP contribution in [-0.4, -0.2) is 16.3 Å². The van der Waals surface area contributed by atoms with E-state index in [9.17, 15) is 4.39 Å². The molecular weight excluding hydrogens is 265 g/mol. The highest BCUT2D eigenvalue weighted by molar-refractivity contribution is 5.36. The number of nitrogens with zero attached hydrogens (tertiary/aromatic N) is 2. The quantitative estimate of drug-likeness (QED) is 0.882. The molecule has 3 nitrogen and oxygen atoms in total. The van der Waals surface area contributed by atoms with Gasteiger partial charge in [-0.1, -0.05) is 31.5 Å². The highest BCUT2D eigenvalue weighted by atomic mass is 19.1. The number of halogens is 1. The molecule has 0 spiro atoms. The van der Waals surface area contributed by atoms with Crippen LogP contribution in [0, 0.1) is 12.7 Å². The Hall–Kier alpha value is -1.68. The molecule has 1 aromatic heterocycles. The molecule has 1 N–H and O–H groups in total. The SMILES string of the molecule is CCCNC(c1cc(C)ccc1F)c1cn(C)nc1CC. The van der Waals surface area contributed by atoms with Gasteiger partial charge in [-0.05, 0) is 32.4 Å². The molecule has 1 heterocycles. The van der Waals surface area contributed by atoms with E-state index >= 15 is 0 Å². The van der Waals surface area contributed by atoms with Gasteiger partial charge in [0, 0.05) is 24.4 Å². The molecule has 0 aliphatic rings. The first-order chi connectivity index (χ1) is 10.1. The predicted octanol–water partition coefficient (Wildman–Crippen LogP) is 3.52. The Morgan fingerprint density at radius 2 is 2.05 bits per heavy atom. The van der Waals surface area contributed by atoms with Crippen molar-refractivity contribution in [3.05, 3.63) is 52.6 Å². The van der Waals surface area contributed by atoms with Crippen molar-refractivity contribution in [2.24, 2.45) is 7.05 Å². The minimum Gasteiger partial charge on any atom is -0.306 e. The zero-order valence-corrected chi connectivity index (χ0v) is 13.3. The number of hydrogen-bond acceptors (Lipinski definition) is 2. The molecule has 2 aromatic rings. The zero-order valence-electron chi connectivity index (χ0n) is 13.3. The molecule has 0 bridgehead atoms. The van der Waals surface area contributed by atoms with Crippen LogP contribution in [0.15, 0.2) is 24.4 Å². The van der Waals surface area contributed by atoms with E-state index in [0.29, 0.717) is 5.56 Å². The number of benzene rings is 1. The van der Waals surface area contributed by atoms with Gasteiger partial charge in [-0.3, -0.25) is 4.68 Å². The van der Waals surface area contributed by atoms with Crippen LogP contribution in [0.1, 0.15) is 48.7 Å². The molecule has 0 aliphatic heterocycles. The van der Waals surface area contributed by atoms with Crippen LogP contribution < -0.4 is 5.32 Å². The lowest BCUT2D eigenvalue weighted by Gasteiger charge is -2.20. The first-order valence-electron chi connectivity index (χ1n) is 7.58. The second-order valence-electron chi connectivity index (χ2n) is 5.47. The molecule has 0 saturated heterocycles. The van der Waals surface area contributed by atoms with Gasteiger partial charge in [0.15, 0.2) is 0 Å². The van der Waals surface area contributed by atoms with Crippen molar-refractivity contribution in [1.29, 1.82) is 0 Å². The molecule has 0 saturated carbocycles. The molecule has 1 unspecified atom stereocenters. The first kappa shape index (κ1) is 15.7. The van der Waals surface area contributed by atoms with Gasteiger partial charge < -0.3 is 5.32 Å². The summed E-state index contributed by atoms with van der Waals surface area (Å²) in [5, 5.41) is 7.95. The van der Waals surface area contributed by atoms with Crippen molar-refractivity contribution in [2.75, 3.05) is 6.54 Å². The molecule has 4 heteroatoms. The van der Waals surface area contributed by atoms with Gasteiger partial charge in [0.25, 0.3) is 0 Å². The van der Waals surface area contributed by atoms with E-state index in [0.717, 1.165) is 36.2 Å². The summed E-state index contributed by atoms with van der Waals surface area (Å²) in [4.78, 5) is 0. The Labute approximate surface area is 126 Å². The minimum atomic E-state index is -0.167. The van der Waals surface area contributed by atoms with Gasteiger partial charge in [0.1, 0.15) is 5.82 Å². The first-order valence-corrected chi connectivity index (χ1v) is 7.58. The van der Waals surface area contributed by atoms with E-state index in [2.05, 4.69) is 24.3 Å². The van der Waals surface area contributed by atoms with Crippen molar-refractivity contribution in [2.45, 2.75) is 39.7 Å². The third-order valence-electron chi connectivity index (χ3n) is 3.64. The highest BCUT2D eigenvalue weighted by Gasteiger charge is 2.22. The summed E-state index contributed by atoms with van der Waals surface area (Å²) in [6.07, 6.45) is 3.84. The van der Waals surface area contributed by atoms with E-state index in [1.165, 1.54) is 0 Å². The summed E-state index contributed by atoms with van der Waals surface area (Å²) in [7, 11) is 1.91. The smallest absolute Gasteiger partial charge is 0.128 e. The van der Waals surface area contributed by atoms with Crippen molar-refractivity contribution < 1.29 is 4.39 Å². The second-order valence-corrected chi connectivity index (χ2v) is 5.47. The van der Waals surface area contributed by atoms with Gasteiger partial charge in [0.2, 0.25) is 0 Å². The van der Waals surface area contributed by atoms with Gasteiger partial charge in [-0.15, -0.1) is 0 Å². The lowest BCUT2D eigenvalue weighted by molar-refractivity contribution is 0.544. The number of rotatable bonds is 6. The van der Waals surface area contributed by atoms with E-state index in [1.54, 1.807) is 12.1 Å². The Morgan fingerprint density at radius 1 is 1.29 bits per heavy atom. The normalized spacial score (nSPS) is 12.6. The van der Waals surface area contributed by atoms with E-state index < -0.39 is 0 Å². The van der Waals surface area contributed by atoms with E-state index in [-0.39, 0.29) is 11.9 Å². The monoisotopic (exact) mass is 289 g/mol. The van der Waals surface area contributed by atoms with E-state index in [4.69, 9.17) is 0 Å². The lowest BCUT2D eigenvalue weighted by atomic mass is 9.96. The number of nitrogens with one attached hydrogen (secondary N) is 1. The van der Waals surface area contributed by atoms with Gasteiger partial charge >= 0.3 is 0 Å². The van der Waals surface area contributed by atoms with Gasteiger partial charge in [-0.25, -0.2) is 4.39 Å². The van der Waals surface area contributed by atoms with E-state index in [1.807, 2.05) is 30.9 Å². The maximum absolute atomic E-state index is 14.3. The minimum absolute atomic E-state index is 0.145. The van der Waals surface area contributed by atoms with Crippen molar-refractivity contribution in [3.8, 4) is 0 Å². The number of hydrogen-bond donors (Lipinski definition) is 1. The van der Waals surface area contributed by atoms with Crippen molar-refractivity contribution >= 4 is 0 Å². The van der Waals surface area contributed by atoms with Crippen LogP contribution in [0.4, 0.5) is 4.39 Å². The molecule has 114 valence electrons. The molecule has 1 aromatic carbocycles. The summed E-state index contributed by atoms with van der Waals surface area (Å²) in [5.41, 5.74) is 3.85. The zero-order chi connectivity index (χ0) is 15.4. The van der Waals surface area contributed by atoms with Crippen LogP contribution in [0.25, 0.3) is 0 Å². The van der Waals surface area contributed by atoms with Crippen molar-refractivity contribution in [3.63, 3.8) is 0 Å². The molecule has 2 rings (SSSR count). The topological polar surface area (TPSA) is 29.9 Å². The van der Waals surface area contributed by atoms with Gasteiger partial charge in [0.05, 0.1) is 11.7 Å². The van der Waals surface area contributed by atoms with Crippen LogP contribution in [-0.2, 0) is 13.5 Å². The fourth-order valence-corrected chi connectivity index (χ4v) is 2.63.